The highest BCUT2D eigenvalue weighted by Gasteiger charge is 2.03. The predicted octanol–water partition coefficient (Wildman–Crippen LogP) is 3.13. The minimum Gasteiger partial charge on any atom is -0.391 e. The van der Waals surface area contributed by atoms with Gasteiger partial charge in [0.15, 0.2) is 0 Å². The maximum Gasteiger partial charge on any atom is 0.0709 e. The van der Waals surface area contributed by atoms with Gasteiger partial charge in [0.05, 0.1) is 16.8 Å². The summed E-state index contributed by atoms with van der Waals surface area (Å²) >= 11 is 8.22. The maximum atomic E-state index is 9.36. The lowest BCUT2D eigenvalue weighted by Gasteiger charge is -2.11. The molecular weight excluding hydrogens is 312 g/mol. The summed E-state index contributed by atoms with van der Waals surface area (Å²) in [5.74, 6) is 0. The number of aliphatic hydroxyl groups excluding tert-OH is 1. The van der Waals surface area contributed by atoms with Gasteiger partial charge < -0.3 is 10.4 Å². The zero-order chi connectivity index (χ0) is 10.6. The highest BCUT2D eigenvalue weighted by Crippen LogP contribution is 2.23. The average molecular weight is 326 g/mol. The number of rotatable bonds is 4. The van der Waals surface area contributed by atoms with Gasteiger partial charge in [-0.05, 0) is 47.2 Å². The number of aliphatic hydroxyl groups is 1. The molecule has 2 nitrogen and oxygen atoms in total. The van der Waals surface area contributed by atoms with E-state index in [2.05, 4.69) is 27.9 Å². The lowest BCUT2D eigenvalue weighted by molar-refractivity contribution is 0.183. The smallest absolute Gasteiger partial charge is 0.0709 e. The van der Waals surface area contributed by atoms with Crippen molar-refractivity contribution in [3.8, 4) is 0 Å². The van der Waals surface area contributed by atoms with Crippen LogP contribution in [-0.4, -0.2) is 17.8 Å². The van der Waals surface area contributed by atoms with E-state index in [1.807, 2.05) is 25.1 Å². The van der Waals surface area contributed by atoms with Gasteiger partial charge in [-0.1, -0.05) is 18.5 Å². The Bertz CT molecular complexity index is 306. The van der Waals surface area contributed by atoms with E-state index in [1.165, 1.54) is 0 Å². The molecule has 0 amide bonds. The summed E-state index contributed by atoms with van der Waals surface area (Å²) in [6, 6.07) is 5.79. The van der Waals surface area contributed by atoms with Crippen LogP contribution in [0.1, 0.15) is 13.3 Å². The molecule has 14 heavy (non-hydrogen) atoms. The molecule has 0 aliphatic rings. The summed E-state index contributed by atoms with van der Waals surface area (Å²) in [7, 11) is 0. The second-order valence-corrected chi connectivity index (χ2v) is 4.72. The van der Waals surface area contributed by atoms with E-state index in [4.69, 9.17) is 11.6 Å². The Morgan fingerprint density at radius 3 is 2.86 bits per heavy atom. The van der Waals surface area contributed by atoms with Crippen molar-refractivity contribution in [3.63, 3.8) is 0 Å². The van der Waals surface area contributed by atoms with Crippen molar-refractivity contribution < 1.29 is 5.11 Å². The van der Waals surface area contributed by atoms with Crippen LogP contribution < -0.4 is 5.32 Å². The van der Waals surface area contributed by atoms with E-state index < -0.39 is 0 Å². The molecule has 0 saturated carbocycles. The molecule has 0 fully saturated rings. The third-order valence-electron chi connectivity index (χ3n) is 1.93. The predicted molar refractivity (Wildman–Crippen MR) is 69.0 cm³/mol. The Morgan fingerprint density at radius 2 is 2.29 bits per heavy atom. The number of hydrogen-bond acceptors (Lipinski definition) is 2. The van der Waals surface area contributed by atoms with Crippen LogP contribution >= 0.6 is 34.2 Å². The van der Waals surface area contributed by atoms with Crippen LogP contribution in [0.4, 0.5) is 5.69 Å². The molecule has 1 unspecified atom stereocenters. The van der Waals surface area contributed by atoms with Crippen molar-refractivity contribution >= 4 is 39.9 Å². The third-order valence-corrected chi connectivity index (χ3v) is 2.91. The van der Waals surface area contributed by atoms with Gasteiger partial charge >= 0.3 is 0 Å². The van der Waals surface area contributed by atoms with E-state index in [1.54, 1.807) is 0 Å². The van der Waals surface area contributed by atoms with Gasteiger partial charge in [0, 0.05) is 10.1 Å². The van der Waals surface area contributed by atoms with Crippen molar-refractivity contribution in [1.82, 2.24) is 0 Å². The zero-order valence-corrected chi connectivity index (χ0v) is 10.8. The van der Waals surface area contributed by atoms with Crippen molar-refractivity contribution in [2.75, 3.05) is 11.9 Å². The summed E-state index contributed by atoms with van der Waals surface area (Å²) in [4.78, 5) is 0. The molecule has 2 N–H and O–H groups in total. The molecule has 0 aliphatic carbocycles. The maximum absolute atomic E-state index is 9.36. The second-order valence-electron chi connectivity index (χ2n) is 3.07. The van der Waals surface area contributed by atoms with E-state index in [0.717, 1.165) is 15.7 Å². The van der Waals surface area contributed by atoms with E-state index in [0.29, 0.717) is 11.6 Å². The van der Waals surface area contributed by atoms with Crippen LogP contribution in [0.25, 0.3) is 0 Å². The van der Waals surface area contributed by atoms with Crippen LogP contribution in [0.5, 0.6) is 0 Å². The molecule has 0 spiro atoms. The van der Waals surface area contributed by atoms with Gasteiger partial charge in [-0.25, -0.2) is 0 Å². The minimum absolute atomic E-state index is 0.314. The lowest BCUT2D eigenvalue weighted by Crippen LogP contribution is -2.18. The summed E-state index contributed by atoms with van der Waals surface area (Å²) in [6.07, 6.45) is 0.431. The minimum atomic E-state index is -0.314. The van der Waals surface area contributed by atoms with Crippen molar-refractivity contribution in [2.24, 2.45) is 0 Å². The molecule has 4 heteroatoms. The van der Waals surface area contributed by atoms with E-state index in [9.17, 15) is 5.11 Å². The summed E-state index contributed by atoms with van der Waals surface area (Å²) in [6.45, 7) is 2.48. The SMILES string of the molecule is CCC(O)CNc1ccc(I)cc1Cl. The van der Waals surface area contributed by atoms with Crippen molar-refractivity contribution in [3.05, 3.63) is 26.8 Å². The quantitative estimate of drug-likeness (QED) is 0.834. The Kier molecular flexibility index (Phi) is 4.98. The first-order valence-corrected chi connectivity index (χ1v) is 5.96. The van der Waals surface area contributed by atoms with Crippen LogP contribution in [0, 0.1) is 3.57 Å². The monoisotopic (exact) mass is 325 g/mol. The average Bonchev–Trinajstić information content (AvgIpc) is 2.16. The van der Waals surface area contributed by atoms with Crippen LogP contribution in [0.2, 0.25) is 5.02 Å². The molecular formula is C10H13ClINO. The summed E-state index contributed by atoms with van der Waals surface area (Å²) in [5.41, 5.74) is 0.875. The fourth-order valence-corrected chi connectivity index (χ4v) is 1.93. The van der Waals surface area contributed by atoms with Gasteiger partial charge in [0.1, 0.15) is 0 Å². The molecule has 0 aliphatic heterocycles. The molecule has 1 atom stereocenters. The fraction of sp³-hybridized carbons (Fsp3) is 0.400. The van der Waals surface area contributed by atoms with Gasteiger partial charge in [-0.2, -0.15) is 0 Å². The van der Waals surface area contributed by atoms with E-state index >= 15 is 0 Å². The van der Waals surface area contributed by atoms with Crippen LogP contribution in [0.15, 0.2) is 18.2 Å². The van der Waals surface area contributed by atoms with Gasteiger partial charge in [-0.15, -0.1) is 0 Å². The molecule has 1 rings (SSSR count). The molecule has 78 valence electrons. The van der Waals surface area contributed by atoms with Crippen LogP contribution in [0.3, 0.4) is 0 Å². The normalized spacial score (nSPS) is 12.6. The highest BCUT2D eigenvalue weighted by molar-refractivity contribution is 14.1. The molecule has 0 aromatic heterocycles. The largest absolute Gasteiger partial charge is 0.391 e. The third kappa shape index (κ3) is 3.63. The Hall–Kier alpha value is -0.0000000000000000555. The summed E-state index contributed by atoms with van der Waals surface area (Å²) in [5, 5.41) is 13.2. The van der Waals surface area contributed by atoms with E-state index in [-0.39, 0.29) is 6.10 Å². The Balaban J connectivity index is 2.59. The molecule has 1 aromatic carbocycles. The Morgan fingerprint density at radius 1 is 1.57 bits per heavy atom. The second kappa shape index (κ2) is 5.78. The fourth-order valence-electron chi connectivity index (χ4n) is 1.00. The summed E-state index contributed by atoms with van der Waals surface area (Å²) < 4.78 is 1.11. The molecule has 0 bridgehead atoms. The van der Waals surface area contributed by atoms with Gasteiger partial charge in [0.25, 0.3) is 0 Å². The van der Waals surface area contributed by atoms with Crippen LogP contribution in [-0.2, 0) is 0 Å². The molecule has 0 saturated heterocycles. The van der Waals surface area contributed by atoms with Crippen molar-refractivity contribution in [2.45, 2.75) is 19.4 Å². The number of benzene rings is 1. The molecule has 0 radical (unpaired) electrons. The zero-order valence-electron chi connectivity index (χ0n) is 7.93. The Labute approximate surface area is 103 Å². The first kappa shape index (κ1) is 12.1. The number of anilines is 1. The van der Waals surface area contributed by atoms with Crippen molar-refractivity contribution in [1.29, 1.82) is 0 Å². The first-order chi connectivity index (χ1) is 6.63. The highest BCUT2D eigenvalue weighted by atomic mass is 127. The number of nitrogens with one attached hydrogen (secondary N) is 1. The topological polar surface area (TPSA) is 32.3 Å². The van der Waals surface area contributed by atoms with Gasteiger partial charge in [-0.3, -0.25) is 0 Å². The van der Waals surface area contributed by atoms with Gasteiger partial charge in [0.2, 0.25) is 0 Å². The first-order valence-electron chi connectivity index (χ1n) is 4.50. The lowest BCUT2D eigenvalue weighted by atomic mass is 10.2. The number of hydrogen-bond donors (Lipinski definition) is 2. The molecule has 1 aromatic rings. The number of halogens is 2. The molecule has 0 heterocycles. The standard InChI is InChI=1S/C10H13ClINO/c1-2-8(14)6-13-10-4-3-7(12)5-9(10)11/h3-5,8,13-14H,2,6H2,1H3.